The zero-order chi connectivity index (χ0) is 14.0. The number of rotatable bonds is 3. The highest BCUT2D eigenvalue weighted by molar-refractivity contribution is 5.45. The molecule has 1 aromatic heterocycles. The molecule has 1 atom stereocenters. The lowest BCUT2D eigenvalue weighted by Crippen LogP contribution is -2.26. The van der Waals surface area contributed by atoms with E-state index in [1.165, 1.54) is 6.07 Å². The molecule has 2 aromatic rings. The lowest BCUT2D eigenvalue weighted by molar-refractivity contribution is 0.0571. The number of aryl methyl sites for hydroxylation is 1. The number of aliphatic hydroxyl groups is 1. The molecule has 0 aliphatic heterocycles. The molecule has 0 radical (unpaired) electrons. The molecule has 3 N–H and O–H groups in total. The molecule has 1 unspecified atom stereocenters. The van der Waals surface area contributed by atoms with Gasteiger partial charge in [0.2, 0.25) is 0 Å². The third-order valence-corrected chi connectivity index (χ3v) is 3.13. The summed E-state index contributed by atoms with van der Waals surface area (Å²) in [6.07, 6.45) is 1.78. The van der Waals surface area contributed by atoms with Crippen molar-refractivity contribution in [2.24, 2.45) is 0 Å². The van der Waals surface area contributed by atoms with Crippen LogP contribution in [0.5, 0.6) is 0 Å². The largest absolute Gasteiger partial charge is 0.385 e. The standard InChI is InChI=1S/C15H17FN2O/c1-10-7-12(14(17)18-9-10)15(2,19)8-11-5-3-4-6-13(11)16/h3-7,9,19H,8H2,1-2H3,(H2,17,18). The molecule has 0 saturated carbocycles. The zero-order valence-electron chi connectivity index (χ0n) is 11.0. The van der Waals surface area contributed by atoms with E-state index in [1.807, 2.05) is 6.92 Å². The van der Waals surface area contributed by atoms with Crippen LogP contribution in [-0.4, -0.2) is 10.1 Å². The van der Waals surface area contributed by atoms with Gasteiger partial charge in [0, 0.05) is 18.2 Å². The van der Waals surface area contributed by atoms with Crippen LogP contribution in [-0.2, 0) is 12.0 Å². The topological polar surface area (TPSA) is 59.1 Å². The van der Waals surface area contributed by atoms with E-state index in [0.717, 1.165) is 5.56 Å². The van der Waals surface area contributed by atoms with Gasteiger partial charge in [0.15, 0.2) is 0 Å². The maximum Gasteiger partial charge on any atom is 0.129 e. The summed E-state index contributed by atoms with van der Waals surface area (Å²) in [5.74, 6) is -0.0612. The first kappa shape index (κ1) is 13.5. The predicted octanol–water partition coefficient (Wildman–Crippen LogP) is 2.56. The van der Waals surface area contributed by atoms with Crippen molar-refractivity contribution in [2.75, 3.05) is 5.73 Å². The molecular weight excluding hydrogens is 243 g/mol. The normalized spacial score (nSPS) is 14.1. The van der Waals surface area contributed by atoms with E-state index in [9.17, 15) is 9.50 Å². The molecule has 0 saturated heterocycles. The van der Waals surface area contributed by atoms with Crippen LogP contribution >= 0.6 is 0 Å². The highest BCUT2D eigenvalue weighted by Gasteiger charge is 2.27. The molecule has 0 bridgehead atoms. The van der Waals surface area contributed by atoms with Crippen molar-refractivity contribution in [1.82, 2.24) is 4.98 Å². The van der Waals surface area contributed by atoms with Crippen molar-refractivity contribution in [3.63, 3.8) is 0 Å². The second-order valence-corrected chi connectivity index (χ2v) is 4.99. The van der Waals surface area contributed by atoms with Crippen LogP contribution in [0.15, 0.2) is 36.5 Å². The summed E-state index contributed by atoms with van der Waals surface area (Å²) in [5.41, 5.74) is 6.42. The molecule has 2 rings (SSSR count). The van der Waals surface area contributed by atoms with Gasteiger partial charge in [0.05, 0.1) is 5.60 Å². The summed E-state index contributed by atoms with van der Waals surface area (Å²) >= 11 is 0. The number of anilines is 1. The van der Waals surface area contributed by atoms with Crippen molar-refractivity contribution < 1.29 is 9.50 Å². The van der Waals surface area contributed by atoms with Crippen molar-refractivity contribution in [2.45, 2.75) is 25.9 Å². The Morgan fingerprint density at radius 3 is 2.74 bits per heavy atom. The monoisotopic (exact) mass is 260 g/mol. The van der Waals surface area contributed by atoms with Crippen molar-refractivity contribution >= 4 is 5.82 Å². The molecule has 100 valence electrons. The second kappa shape index (κ2) is 4.97. The van der Waals surface area contributed by atoms with E-state index in [1.54, 1.807) is 37.4 Å². The summed E-state index contributed by atoms with van der Waals surface area (Å²) in [4.78, 5) is 4.03. The Morgan fingerprint density at radius 1 is 1.37 bits per heavy atom. The molecular formula is C15H17FN2O. The number of halogens is 1. The first-order valence-corrected chi connectivity index (χ1v) is 6.08. The summed E-state index contributed by atoms with van der Waals surface area (Å²) in [6, 6.07) is 8.18. The van der Waals surface area contributed by atoms with Gasteiger partial charge in [-0.15, -0.1) is 0 Å². The molecule has 0 amide bonds. The van der Waals surface area contributed by atoms with Crippen LogP contribution in [0.1, 0.15) is 23.6 Å². The fourth-order valence-electron chi connectivity index (χ4n) is 2.12. The van der Waals surface area contributed by atoms with Gasteiger partial charge in [-0.25, -0.2) is 9.37 Å². The fourth-order valence-corrected chi connectivity index (χ4v) is 2.12. The summed E-state index contributed by atoms with van der Waals surface area (Å²) in [5, 5.41) is 10.6. The van der Waals surface area contributed by atoms with Gasteiger partial charge in [0.1, 0.15) is 11.6 Å². The molecule has 0 aliphatic rings. The summed E-state index contributed by atoms with van der Waals surface area (Å²) in [6.45, 7) is 3.49. The maximum atomic E-state index is 13.7. The van der Waals surface area contributed by atoms with Gasteiger partial charge in [0.25, 0.3) is 0 Å². The van der Waals surface area contributed by atoms with Gasteiger partial charge in [-0.1, -0.05) is 18.2 Å². The quantitative estimate of drug-likeness (QED) is 0.891. The third kappa shape index (κ3) is 2.90. The Bertz CT molecular complexity index is 596. The van der Waals surface area contributed by atoms with Gasteiger partial charge in [-0.05, 0) is 37.1 Å². The summed E-state index contributed by atoms with van der Waals surface area (Å²) < 4.78 is 13.7. The Balaban J connectivity index is 2.37. The van der Waals surface area contributed by atoms with Gasteiger partial charge in [-0.2, -0.15) is 0 Å². The number of hydrogen-bond donors (Lipinski definition) is 2. The minimum Gasteiger partial charge on any atom is -0.385 e. The average molecular weight is 260 g/mol. The van der Waals surface area contributed by atoms with E-state index >= 15 is 0 Å². The predicted molar refractivity (Wildman–Crippen MR) is 73.1 cm³/mol. The molecule has 0 aliphatic carbocycles. The number of benzene rings is 1. The number of aromatic nitrogens is 1. The number of hydrogen-bond acceptors (Lipinski definition) is 3. The number of pyridine rings is 1. The Hall–Kier alpha value is -1.94. The zero-order valence-corrected chi connectivity index (χ0v) is 11.0. The minimum atomic E-state index is -1.26. The van der Waals surface area contributed by atoms with Gasteiger partial charge < -0.3 is 10.8 Å². The number of nitrogen functional groups attached to an aromatic ring is 1. The van der Waals surface area contributed by atoms with Crippen LogP contribution < -0.4 is 5.73 Å². The van der Waals surface area contributed by atoms with Crippen LogP contribution in [0.3, 0.4) is 0 Å². The average Bonchev–Trinajstić information content (AvgIpc) is 2.35. The molecule has 0 fully saturated rings. The molecule has 1 aromatic carbocycles. The lowest BCUT2D eigenvalue weighted by atomic mass is 9.88. The van der Waals surface area contributed by atoms with E-state index in [2.05, 4.69) is 4.98 Å². The van der Waals surface area contributed by atoms with E-state index < -0.39 is 5.60 Å². The molecule has 0 spiro atoms. The SMILES string of the molecule is Cc1cnc(N)c(C(C)(O)Cc2ccccc2F)c1. The molecule has 4 heteroatoms. The Morgan fingerprint density at radius 2 is 2.05 bits per heavy atom. The number of nitrogens with two attached hydrogens (primary N) is 1. The highest BCUT2D eigenvalue weighted by Crippen LogP contribution is 2.30. The second-order valence-electron chi connectivity index (χ2n) is 4.99. The van der Waals surface area contributed by atoms with Crippen molar-refractivity contribution in [3.8, 4) is 0 Å². The third-order valence-electron chi connectivity index (χ3n) is 3.13. The van der Waals surface area contributed by atoms with Crippen LogP contribution in [0.4, 0.5) is 10.2 Å². The highest BCUT2D eigenvalue weighted by atomic mass is 19.1. The Labute approximate surface area is 111 Å². The van der Waals surface area contributed by atoms with Crippen molar-refractivity contribution in [1.29, 1.82) is 0 Å². The molecule has 1 heterocycles. The van der Waals surface area contributed by atoms with Crippen LogP contribution in [0.25, 0.3) is 0 Å². The van der Waals surface area contributed by atoms with E-state index in [4.69, 9.17) is 5.73 Å². The van der Waals surface area contributed by atoms with Crippen LogP contribution in [0, 0.1) is 12.7 Å². The first-order valence-electron chi connectivity index (χ1n) is 6.08. The number of nitrogens with zero attached hydrogens (tertiary/aromatic N) is 1. The van der Waals surface area contributed by atoms with Gasteiger partial charge >= 0.3 is 0 Å². The first-order chi connectivity index (χ1) is 8.90. The Kier molecular flexibility index (Phi) is 3.53. The molecule has 19 heavy (non-hydrogen) atoms. The summed E-state index contributed by atoms with van der Waals surface area (Å²) in [7, 11) is 0. The minimum absolute atomic E-state index is 0.148. The lowest BCUT2D eigenvalue weighted by Gasteiger charge is -2.25. The van der Waals surface area contributed by atoms with Crippen molar-refractivity contribution in [3.05, 3.63) is 59.0 Å². The fraction of sp³-hybridized carbons (Fsp3) is 0.267. The maximum absolute atomic E-state index is 13.7. The van der Waals surface area contributed by atoms with E-state index in [-0.39, 0.29) is 18.1 Å². The van der Waals surface area contributed by atoms with E-state index in [0.29, 0.717) is 11.1 Å². The smallest absolute Gasteiger partial charge is 0.129 e. The molecule has 3 nitrogen and oxygen atoms in total. The van der Waals surface area contributed by atoms with Gasteiger partial charge in [-0.3, -0.25) is 0 Å². The van der Waals surface area contributed by atoms with Crippen LogP contribution in [0.2, 0.25) is 0 Å².